The minimum atomic E-state index is 0.515. The summed E-state index contributed by atoms with van der Waals surface area (Å²) in [6.07, 6.45) is 0. The average molecular weight is 346 g/mol. The minimum Gasteiger partial charge on any atom is -0.497 e. The lowest BCUT2D eigenvalue weighted by molar-refractivity contribution is 0.415. The molecule has 0 aliphatic heterocycles. The van der Waals surface area contributed by atoms with E-state index in [1.54, 1.807) is 7.11 Å². The van der Waals surface area contributed by atoms with Crippen molar-refractivity contribution >= 4 is 22.4 Å². The van der Waals surface area contributed by atoms with E-state index in [1.165, 1.54) is 0 Å². The Bertz CT molecular complexity index is 1030. The Labute approximate surface area is 151 Å². The van der Waals surface area contributed by atoms with Gasteiger partial charge >= 0.3 is 0 Å². The van der Waals surface area contributed by atoms with Gasteiger partial charge in [0.2, 0.25) is 0 Å². The van der Waals surface area contributed by atoms with Crippen molar-refractivity contribution in [3.05, 3.63) is 84.0 Å². The number of nitrogens with zero attached hydrogens (tertiary/aromatic N) is 1. The predicted octanol–water partition coefficient (Wildman–Crippen LogP) is 6.23. The highest BCUT2D eigenvalue weighted by Crippen LogP contribution is 2.39. The van der Waals surface area contributed by atoms with Crippen LogP contribution >= 0.6 is 11.6 Å². The van der Waals surface area contributed by atoms with Gasteiger partial charge in [-0.3, -0.25) is 0 Å². The highest BCUT2D eigenvalue weighted by atomic mass is 35.5. The molecule has 122 valence electrons. The Morgan fingerprint density at radius 2 is 1.36 bits per heavy atom. The minimum absolute atomic E-state index is 0.515. The molecule has 0 radical (unpaired) electrons. The molecule has 0 aliphatic carbocycles. The molecule has 0 unspecified atom stereocenters. The summed E-state index contributed by atoms with van der Waals surface area (Å²) in [7, 11) is 1.66. The molecule has 0 aliphatic rings. The number of pyridine rings is 1. The summed E-state index contributed by atoms with van der Waals surface area (Å²) in [5, 5.41) is 2.57. The maximum atomic E-state index is 6.49. The molecule has 0 saturated heterocycles. The number of benzene rings is 3. The van der Waals surface area contributed by atoms with Crippen molar-refractivity contribution in [3.8, 4) is 28.1 Å². The Balaban J connectivity index is 2.06. The highest BCUT2D eigenvalue weighted by Gasteiger charge is 2.16. The number of fused-ring (bicyclic) bond motifs is 1. The Morgan fingerprint density at radius 3 is 2.04 bits per heavy atom. The van der Waals surface area contributed by atoms with Gasteiger partial charge in [-0.05, 0) is 35.2 Å². The molecule has 0 saturated carbocycles. The summed E-state index contributed by atoms with van der Waals surface area (Å²) in [5.74, 6) is 0.817. The van der Waals surface area contributed by atoms with Crippen LogP contribution in [0.15, 0.2) is 78.9 Å². The van der Waals surface area contributed by atoms with Gasteiger partial charge in [0.15, 0.2) is 0 Å². The van der Waals surface area contributed by atoms with Crippen LogP contribution in [-0.2, 0) is 0 Å². The lowest BCUT2D eigenvalue weighted by Gasteiger charge is -2.14. The van der Waals surface area contributed by atoms with Crippen LogP contribution in [-0.4, -0.2) is 12.1 Å². The van der Waals surface area contributed by atoms with Crippen LogP contribution in [0.3, 0.4) is 0 Å². The van der Waals surface area contributed by atoms with Gasteiger partial charge in [-0.1, -0.05) is 66.2 Å². The van der Waals surface area contributed by atoms with E-state index < -0.39 is 0 Å². The summed E-state index contributed by atoms with van der Waals surface area (Å²) in [5.41, 5.74) is 4.09. The monoisotopic (exact) mass is 345 g/mol. The molecule has 1 heterocycles. The molecule has 3 aromatic carbocycles. The largest absolute Gasteiger partial charge is 0.497 e. The molecule has 0 spiro atoms. The zero-order chi connectivity index (χ0) is 17.2. The second-order valence-corrected chi connectivity index (χ2v) is 6.12. The first-order valence-electron chi connectivity index (χ1n) is 8.06. The summed E-state index contributed by atoms with van der Waals surface area (Å²) < 4.78 is 5.27. The third kappa shape index (κ3) is 2.86. The van der Waals surface area contributed by atoms with Gasteiger partial charge in [0.1, 0.15) is 10.9 Å². The highest BCUT2D eigenvalue weighted by molar-refractivity contribution is 6.35. The summed E-state index contributed by atoms with van der Waals surface area (Å²) in [4.78, 5) is 4.73. The molecule has 0 bridgehead atoms. The van der Waals surface area contributed by atoms with E-state index in [9.17, 15) is 0 Å². The number of rotatable bonds is 3. The molecule has 0 atom stereocenters. The first-order chi connectivity index (χ1) is 12.3. The van der Waals surface area contributed by atoms with Crippen molar-refractivity contribution in [2.24, 2.45) is 0 Å². The first kappa shape index (κ1) is 15.7. The van der Waals surface area contributed by atoms with E-state index in [-0.39, 0.29) is 0 Å². The summed E-state index contributed by atoms with van der Waals surface area (Å²) >= 11 is 6.49. The average Bonchev–Trinajstić information content (AvgIpc) is 2.69. The van der Waals surface area contributed by atoms with E-state index in [0.29, 0.717) is 5.15 Å². The number of ether oxygens (including phenoxy) is 1. The Hall–Kier alpha value is -2.84. The Morgan fingerprint density at radius 1 is 0.720 bits per heavy atom. The van der Waals surface area contributed by atoms with Gasteiger partial charge < -0.3 is 4.74 Å². The fourth-order valence-corrected chi connectivity index (χ4v) is 3.33. The molecular weight excluding hydrogens is 330 g/mol. The number of hydrogen-bond acceptors (Lipinski definition) is 2. The van der Waals surface area contributed by atoms with Crippen LogP contribution < -0.4 is 4.74 Å². The van der Waals surface area contributed by atoms with E-state index in [0.717, 1.165) is 38.9 Å². The third-order valence-electron chi connectivity index (χ3n) is 4.29. The standard InChI is InChI=1S/C22H16ClNO/c1-25-17-13-11-16(12-14-17)21-20(15-7-3-2-4-8-15)18-9-5-6-10-19(18)22(23)24-21/h2-14H,1H3. The molecule has 0 fully saturated rings. The SMILES string of the molecule is COc1ccc(-c2nc(Cl)c3ccccc3c2-c2ccccc2)cc1. The van der Waals surface area contributed by atoms with E-state index >= 15 is 0 Å². The molecule has 1 aromatic heterocycles. The molecule has 0 amide bonds. The number of methoxy groups -OCH3 is 1. The van der Waals surface area contributed by atoms with Gasteiger partial charge in [0.05, 0.1) is 12.8 Å². The lowest BCUT2D eigenvalue weighted by atomic mass is 9.94. The van der Waals surface area contributed by atoms with Crippen molar-refractivity contribution in [3.63, 3.8) is 0 Å². The van der Waals surface area contributed by atoms with Gasteiger partial charge in [-0.25, -0.2) is 4.98 Å². The number of aromatic nitrogens is 1. The first-order valence-corrected chi connectivity index (χ1v) is 8.44. The molecule has 0 N–H and O–H groups in total. The zero-order valence-electron chi connectivity index (χ0n) is 13.7. The predicted molar refractivity (Wildman–Crippen MR) is 104 cm³/mol. The van der Waals surface area contributed by atoms with Crippen LogP contribution in [0, 0.1) is 0 Å². The third-order valence-corrected chi connectivity index (χ3v) is 4.58. The maximum absolute atomic E-state index is 6.49. The molecule has 4 rings (SSSR count). The maximum Gasteiger partial charge on any atom is 0.137 e. The number of hydrogen-bond donors (Lipinski definition) is 0. The molecular formula is C22H16ClNO. The van der Waals surface area contributed by atoms with Crippen LogP contribution in [0.4, 0.5) is 0 Å². The lowest BCUT2D eigenvalue weighted by Crippen LogP contribution is -1.93. The fraction of sp³-hybridized carbons (Fsp3) is 0.0455. The molecule has 25 heavy (non-hydrogen) atoms. The van der Waals surface area contributed by atoms with Gasteiger partial charge in [-0.15, -0.1) is 0 Å². The van der Waals surface area contributed by atoms with Crippen LogP contribution in [0.25, 0.3) is 33.2 Å². The van der Waals surface area contributed by atoms with E-state index in [4.69, 9.17) is 21.3 Å². The van der Waals surface area contributed by atoms with E-state index in [1.807, 2.05) is 60.7 Å². The van der Waals surface area contributed by atoms with Crippen molar-refractivity contribution in [1.29, 1.82) is 0 Å². The molecule has 4 aromatic rings. The van der Waals surface area contributed by atoms with Gasteiger partial charge in [-0.2, -0.15) is 0 Å². The normalized spacial score (nSPS) is 10.8. The van der Waals surface area contributed by atoms with Crippen molar-refractivity contribution in [2.75, 3.05) is 7.11 Å². The van der Waals surface area contributed by atoms with Gasteiger partial charge in [0.25, 0.3) is 0 Å². The Kier molecular flexibility index (Phi) is 4.12. The molecule has 3 heteroatoms. The summed E-state index contributed by atoms with van der Waals surface area (Å²) in [6.45, 7) is 0. The van der Waals surface area contributed by atoms with Crippen molar-refractivity contribution in [2.45, 2.75) is 0 Å². The second kappa shape index (κ2) is 6.58. The number of halogens is 1. The molecule has 2 nitrogen and oxygen atoms in total. The van der Waals surface area contributed by atoms with Gasteiger partial charge in [0, 0.05) is 16.5 Å². The smallest absolute Gasteiger partial charge is 0.137 e. The fourth-order valence-electron chi connectivity index (χ4n) is 3.08. The van der Waals surface area contributed by atoms with Crippen molar-refractivity contribution < 1.29 is 4.74 Å². The van der Waals surface area contributed by atoms with Crippen LogP contribution in [0.1, 0.15) is 0 Å². The summed E-state index contributed by atoms with van der Waals surface area (Å²) in [6, 6.07) is 26.3. The second-order valence-electron chi connectivity index (χ2n) is 5.77. The zero-order valence-corrected chi connectivity index (χ0v) is 14.5. The van der Waals surface area contributed by atoms with E-state index in [2.05, 4.69) is 18.2 Å². The van der Waals surface area contributed by atoms with Crippen LogP contribution in [0.2, 0.25) is 5.15 Å². The van der Waals surface area contributed by atoms with Crippen molar-refractivity contribution in [1.82, 2.24) is 4.98 Å². The topological polar surface area (TPSA) is 22.1 Å². The van der Waals surface area contributed by atoms with Crippen LogP contribution in [0.5, 0.6) is 5.75 Å². The quantitative estimate of drug-likeness (QED) is 0.410.